The van der Waals surface area contributed by atoms with Gasteiger partial charge in [-0.15, -0.1) is 0 Å². The van der Waals surface area contributed by atoms with Crippen molar-refractivity contribution in [1.82, 2.24) is 4.90 Å². The van der Waals surface area contributed by atoms with Crippen molar-refractivity contribution >= 4 is 5.78 Å². The van der Waals surface area contributed by atoms with Crippen LogP contribution in [0.2, 0.25) is 0 Å². The van der Waals surface area contributed by atoms with Crippen LogP contribution in [0.4, 0.5) is 0 Å². The van der Waals surface area contributed by atoms with Crippen molar-refractivity contribution in [1.29, 1.82) is 0 Å². The number of hydrogen-bond acceptors (Lipinski definition) is 3. The van der Waals surface area contributed by atoms with Crippen LogP contribution in [0.1, 0.15) is 51.9 Å². The highest BCUT2D eigenvalue weighted by Gasteiger charge is 2.25. The van der Waals surface area contributed by atoms with Gasteiger partial charge in [-0.05, 0) is 45.2 Å². The molecule has 0 bridgehead atoms. The number of ketones is 1. The lowest BCUT2D eigenvalue weighted by Crippen LogP contribution is -2.40. The molecule has 2 fully saturated rings. The van der Waals surface area contributed by atoms with Crippen molar-refractivity contribution in [2.24, 2.45) is 11.8 Å². The van der Waals surface area contributed by atoms with Crippen molar-refractivity contribution in [2.45, 2.75) is 58.0 Å². The van der Waals surface area contributed by atoms with Crippen molar-refractivity contribution in [3.63, 3.8) is 0 Å². The molecule has 0 radical (unpaired) electrons. The van der Waals surface area contributed by atoms with E-state index in [0.29, 0.717) is 5.78 Å². The Bertz CT molecular complexity index is 266. The van der Waals surface area contributed by atoms with Crippen LogP contribution in [0.5, 0.6) is 0 Å². The second kappa shape index (κ2) is 6.67. The van der Waals surface area contributed by atoms with Gasteiger partial charge in [-0.1, -0.05) is 25.7 Å². The van der Waals surface area contributed by atoms with Gasteiger partial charge in [0.1, 0.15) is 5.78 Å². The fraction of sp³-hybridized carbons (Fsp3) is 0.933. The fourth-order valence-electron chi connectivity index (χ4n) is 3.53. The van der Waals surface area contributed by atoms with Crippen LogP contribution in [0.25, 0.3) is 0 Å². The van der Waals surface area contributed by atoms with Gasteiger partial charge in [-0.2, -0.15) is 0 Å². The highest BCUT2D eigenvalue weighted by atomic mass is 16.3. The zero-order valence-corrected chi connectivity index (χ0v) is 11.6. The smallest absolute Gasteiger partial charge is 0.133 e. The van der Waals surface area contributed by atoms with Gasteiger partial charge in [0.2, 0.25) is 0 Å². The molecule has 1 aliphatic carbocycles. The normalized spacial score (nSPS) is 25.4. The zero-order chi connectivity index (χ0) is 13.0. The summed E-state index contributed by atoms with van der Waals surface area (Å²) in [7, 11) is 0. The number of aliphatic hydroxyl groups is 1. The number of β-amino-alcohol motifs (C(OH)–C–C–N with tert-alkyl or cyclic N) is 1. The molecule has 18 heavy (non-hydrogen) atoms. The molecule has 1 unspecified atom stereocenters. The molecule has 1 aliphatic heterocycles. The van der Waals surface area contributed by atoms with Crippen LogP contribution < -0.4 is 0 Å². The molecule has 1 heterocycles. The molecule has 0 spiro atoms. The Hall–Kier alpha value is -0.410. The van der Waals surface area contributed by atoms with E-state index < -0.39 is 0 Å². The second-order valence-corrected chi connectivity index (χ2v) is 6.23. The Morgan fingerprint density at radius 1 is 1.22 bits per heavy atom. The summed E-state index contributed by atoms with van der Waals surface area (Å²) < 4.78 is 0. The first-order valence-electron chi connectivity index (χ1n) is 7.56. The van der Waals surface area contributed by atoms with Gasteiger partial charge in [-0.3, -0.25) is 4.79 Å². The molecule has 1 saturated heterocycles. The van der Waals surface area contributed by atoms with E-state index in [1.165, 1.54) is 25.7 Å². The molecule has 0 aromatic rings. The lowest BCUT2D eigenvalue weighted by molar-refractivity contribution is -0.122. The second-order valence-electron chi connectivity index (χ2n) is 6.23. The van der Waals surface area contributed by atoms with E-state index in [1.54, 1.807) is 6.92 Å². The number of likely N-dealkylation sites (tertiary alicyclic amines) is 1. The van der Waals surface area contributed by atoms with E-state index in [-0.39, 0.29) is 12.0 Å². The minimum Gasteiger partial charge on any atom is -0.392 e. The molecule has 2 aliphatic rings. The van der Waals surface area contributed by atoms with Crippen LogP contribution in [-0.4, -0.2) is 41.5 Å². The molecule has 1 atom stereocenters. The summed E-state index contributed by atoms with van der Waals surface area (Å²) in [6.07, 6.45) is 8.08. The third-order valence-corrected chi connectivity index (χ3v) is 4.71. The quantitative estimate of drug-likeness (QED) is 0.817. The summed E-state index contributed by atoms with van der Waals surface area (Å²) >= 11 is 0. The molecule has 3 heteroatoms. The molecule has 104 valence electrons. The first kappa shape index (κ1) is 14.0. The number of Topliss-reactive ketones (excluding diaryl/α,β-unsaturated/α-hetero) is 1. The maximum atomic E-state index is 11.3. The summed E-state index contributed by atoms with van der Waals surface area (Å²) in [5.41, 5.74) is 0. The van der Waals surface area contributed by atoms with Gasteiger partial charge >= 0.3 is 0 Å². The molecule has 0 amide bonds. The van der Waals surface area contributed by atoms with Crippen molar-refractivity contribution in [3.05, 3.63) is 0 Å². The standard InChI is InChI=1S/C15H27NO2/c1-12(17)14-6-8-16(9-7-14)11-15(18)10-13-4-2-3-5-13/h13-15,18H,2-11H2,1H3. The van der Waals surface area contributed by atoms with Crippen LogP contribution in [0.3, 0.4) is 0 Å². The minimum atomic E-state index is -0.165. The first-order chi connectivity index (χ1) is 8.65. The van der Waals surface area contributed by atoms with E-state index in [0.717, 1.165) is 44.8 Å². The Labute approximate surface area is 111 Å². The number of hydrogen-bond donors (Lipinski definition) is 1. The minimum absolute atomic E-state index is 0.165. The summed E-state index contributed by atoms with van der Waals surface area (Å²) in [6.45, 7) is 4.47. The molecule has 2 rings (SSSR count). The van der Waals surface area contributed by atoms with Crippen LogP contribution in [-0.2, 0) is 4.79 Å². The van der Waals surface area contributed by atoms with E-state index >= 15 is 0 Å². The van der Waals surface area contributed by atoms with E-state index in [9.17, 15) is 9.90 Å². The average Bonchev–Trinajstić information content (AvgIpc) is 2.82. The summed E-state index contributed by atoms with van der Waals surface area (Å²) in [5, 5.41) is 10.1. The summed E-state index contributed by atoms with van der Waals surface area (Å²) in [5.74, 6) is 1.36. The predicted molar refractivity (Wildman–Crippen MR) is 72.4 cm³/mol. The number of rotatable bonds is 5. The number of piperidine rings is 1. The van der Waals surface area contributed by atoms with Gasteiger partial charge in [0.25, 0.3) is 0 Å². The predicted octanol–water partition coefficient (Wildman–Crippen LogP) is 2.23. The molecular weight excluding hydrogens is 226 g/mol. The van der Waals surface area contributed by atoms with Gasteiger partial charge in [0, 0.05) is 12.5 Å². The van der Waals surface area contributed by atoms with E-state index in [4.69, 9.17) is 0 Å². The summed E-state index contributed by atoms with van der Waals surface area (Å²) in [4.78, 5) is 13.6. The van der Waals surface area contributed by atoms with Crippen molar-refractivity contribution in [3.8, 4) is 0 Å². The Morgan fingerprint density at radius 2 is 1.83 bits per heavy atom. The number of carbonyl (C=O) groups excluding carboxylic acids is 1. The largest absolute Gasteiger partial charge is 0.392 e. The monoisotopic (exact) mass is 253 g/mol. The van der Waals surface area contributed by atoms with Crippen LogP contribution in [0.15, 0.2) is 0 Å². The number of aliphatic hydroxyl groups excluding tert-OH is 1. The van der Waals surface area contributed by atoms with Gasteiger partial charge < -0.3 is 10.0 Å². The highest BCUT2D eigenvalue weighted by Crippen LogP contribution is 2.29. The molecule has 0 aromatic heterocycles. The number of nitrogens with zero attached hydrogens (tertiary/aromatic N) is 1. The van der Waals surface area contributed by atoms with E-state index in [2.05, 4.69) is 4.90 Å². The molecule has 0 aromatic carbocycles. The van der Waals surface area contributed by atoms with Gasteiger partial charge in [0.15, 0.2) is 0 Å². The SMILES string of the molecule is CC(=O)C1CCN(CC(O)CC2CCCC2)CC1. The molecule has 1 saturated carbocycles. The Kier molecular flexibility index (Phi) is 5.19. The lowest BCUT2D eigenvalue weighted by Gasteiger charge is -2.32. The fourth-order valence-corrected chi connectivity index (χ4v) is 3.53. The highest BCUT2D eigenvalue weighted by molar-refractivity contribution is 5.78. The molecular formula is C15H27NO2. The third-order valence-electron chi connectivity index (χ3n) is 4.71. The Balaban J connectivity index is 1.65. The van der Waals surface area contributed by atoms with Crippen LogP contribution in [0, 0.1) is 11.8 Å². The molecule has 3 nitrogen and oxygen atoms in total. The van der Waals surface area contributed by atoms with Crippen molar-refractivity contribution in [2.75, 3.05) is 19.6 Å². The topological polar surface area (TPSA) is 40.5 Å². The first-order valence-corrected chi connectivity index (χ1v) is 7.56. The lowest BCUT2D eigenvalue weighted by atomic mass is 9.92. The van der Waals surface area contributed by atoms with E-state index in [1.807, 2.05) is 0 Å². The van der Waals surface area contributed by atoms with Crippen LogP contribution >= 0.6 is 0 Å². The van der Waals surface area contributed by atoms with Gasteiger partial charge in [0.05, 0.1) is 6.10 Å². The van der Waals surface area contributed by atoms with Crippen molar-refractivity contribution < 1.29 is 9.90 Å². The number of carbonyl (C=O) groups is 1. The Morgan fingerprint density at radius 3 is 2.39 bits per heavy atom. The summed E-state index contributed by atoms with van der Waals surface area (Å²) in [6, 6.07) is 0. The third kappa shape index (κ3) is 4.06. The maximum Gasteiger partial charge on any atom is 0.133 e. The zero-order valence-electron chi connectivity index (χ0n) is 11.6. The molecule has 1 N–H and O–H groups in total. The average molecular weight is 253 g/mol. The maximum absolute atomic E-state index is 11.3. The van der Waals surface area contributed by atoms with Gasteiger partial charge in [-0.25, -0.2) is 0 Å².